The molecule has 0 aliphatic rings. The van der Waals surface area contributed by atoms with Gasteiger partial charge in [-0.2, -0.15) is 0 Å². The van der Waals surface area contributed by atoms with Gasteiger partial charge in [0.05, 0.1) is 5.69 Å². The van der Waals surface area contributed by atoms with E-state index in [0.29, 0.717) is 5.69 Å². The lowest BCUT2D eigenvalue weighted by Gasteiger charge is -2.02. The van der Waals surface area contributed by atoms with Gasteiger partial charge in [-0.25, -0.2) is 0 Å². The molecule has 16 heavy (non-hydrogen) atoms. The molecule has 3 rings (SSSR count). The topological polar surface area (TPSA) is 54.7 Å². The van der Waals surface area contributed by atoms with Gasteiger partial charge in [0, 0.05) is 29.7 Å². The lowest BCUT2D eigenvalue weighted by molar-refractivity contribution is 1.33. The Labute approximate surface area is 92.9 Å². The monoisotopic (exact) mass is 209 g/mol. The zero-order chi connectivity index (χ0) is 11.0. The van der Waals surface area contributed by atoms with Gasteiger partial charge in [0.15, 0.2) is 0 Å². The van der Waals surface area contributed by atoms with E-state index in [9.17, 15) is 0 Å². The van der Waals surface area contributed by atoms with E-state index in [1.807, 2.05) is 18.5 Å². The molecule has 0 radical (unpaired) electrons. The van der Waals surface area contributed by atoms with Crippen molar-refractivity contribution in [3.8, 4) is 11.1 Å². The Balaban J connectivity index is 2.18. The average Bonchev–Trinajstić information content (AvgIpc) is 2.75. The number of aromatic amines is 1. The maximum absolute atomic E-state index is 5.72. The molecule has 0 bridgehead atoms. The van der Waals surface area contributed by atoms with Crippen molar-refractivity contribution in [1.82, 2.24) is 9.97 Å². The third-order valence-electron chi connectivity index (χ3n) is 2.65. The van der Waals surface area contributed by atoms with E-state index in [1.165, 1.54) is 5.39 Å². The first-order valence-corrected chi connectivity index (χ1v) is 5.11. The molecule has 0 aliphatic heterocycles. The second-order valence-electron chi connectivity index (χ2n) is 3.79. The first-order valence-electron chi connectivity index (χ1n) is 5.11. The van der Waals surface area contributed by atoms with Crippen LogP contribution in [-0.2, 0) is 0 Å². The highest BCUT2D eigenvalue weighted by atomic mass is 14.7. The maximum Gasteiger partial charge on any atom is 0.0506 e. The summed E-state index contributed by atoms with van der Waals surface area (Å²) in [6.45, 7) is 0. The fourth-order valence-electron chi connectivity index (χ4n) is 1.85. The van der Waals surface area contributed by atoms with Crippen molar-refractivity contribution < 1.29 is 0 Å². The maximum atomic E-state index is 5.72. The van der Waals surface area contributed by atoms with Gasteiger partial charge in [-0.15, -0.1) is 0 Å². The third kappa shape index (κ3) is 1.42. The summed E-state index contributed by atoms with van der Waals surface area (Å²) in [7, 11) is 0. The lowest BCUT2D eigenvalue weighted by Crippen LogP contribution is -1.87. The largest absolute Gasteiger partial charge is 0.397 e. The van der Waals surface area contributed by atoms with Crippen molar-refractivity contribution in [2.75, 3.05) is 5.73 Å². The number of nitrogen functional groups attached to an aromatic ring is 1. The van der Waals surface area contributed by atoms with Crippen LogP contribution in [0.5, 0.6) is 0 Å². The average molecular weight is 209 g/mol. The molecule has 3 aromatic rings. The Morgan fingerprint density at radius 3 is 2.81 bits per heavy atom. The van der Waals surface area contributed by atoms with Gasteiger partial charge < -0.3 is 10.7 Å². The van der Waals surface area contributed by atoms with Gasteiger partial charge in [0.1, 0.15) is 0 Å². The highest BCUT2D eigenvalue weighted by Gasteiger charge is 2.00. The molecule has 0 atom stereocenters. The molecule has 0 amide bonds. The molecule has 3 heteroatoms. The van der Waals surface area contributed by atoms with Gasteiger partial charge in [-0.05, 0) is 35.2 Å². The molecule has 3 N–H and O–H groups in total. The van der Waals surface area contributed by atoms with Crippen molar-refractivity contribution >= 4 is 16.6 Å². The van der Waals surface area contributed by atoms with E-state index in [-0.39, 0.29) is 0 Å². The number of fused-ring (bicyclic) bond motifs is 1. The van der Waals surface area contributed by atoms with Crippen LogP contribution in [0.2, 0.25) is 0 Å². The number of nitrogens with one attached hydrogen (secondary N) is 1. The first-order chi connectivity index (χ1) is 7.83. The van der Waals surface area contributed by atoms with Crippen LogP contribution in [0.25, 0.3) is 22.0 Å². The number of pyridine rings is 1. The molecular weight excluding hydrogens is 198 g/mol. The Kier molecular flexibility index (Phi) is 1.90. The van der Waals surface area contributed by atoms with E-state index in [4.69, 9.17) is 5.73 Å². The molecule has 0 spiro atoms. The minimum atomic E-state index is 0.687. The van der Waals surface area contributed by atoms with Crippen molar-refractivity contribution in [3.63, 3.8) is 0 Å². The predicted octanol–water partition coefficient (Wildman–Crippen LogP) is 2.81. The molecule has 0 saturated heterocycles. The van der Waals surface area contributed by atoms with E-state index < -0.39 is 0 Å². The van der Waals surface area contributed by atoms with Crippen LogP contribution in [0, 0.1) is 0 Å². The van der Waals surface area contributed by atoms with Gasteiger partial charge in [-0.1, -0.05) is 6.07 Å². The number of anilines is 1. The summed E-state index contributed by atoms with van der Waals surface area (Å²) in [5, 5.41) is 1.19. The number of benzene rings is 1. The summed E-state index contributed by atoms with van der Waals surface area (Å²) in [5.74, 6) is 0. The number of aromatic nitrogens is 2. The third-order valence-corrected chi connectivity index (χ3v) is 2.65. The summed E-state index contributed by atoms with van der Waals surface area (Å²) in [5.41, 5.74) is 9.72. The second-order valence-corrected chi connectivity index (χ2v) is 3.79. The van der Waals surface area contributed by atoms with Crippen molar-refractivity contribution in [1.29, 1.82) is 0 Å². The standard InChI is InChI=1S/C13H11N3/c14-12-6-11(7-15-8-12)9-1-2-13-10(5-9)3-4-16-13/h1-8,16H,14H2. The van der Waals surface area contributed by atoms with Crippen LogP contribution < -0.4 is 5.73 Å². The van der Waals surface area contributed by atoms with E-state index >= 15 is 0 Å². The highest BCUT2D eigenvalue weighted by molar-refractivity contribution is 5.85. The van der Waals surface area contributed by atoms with E-state index in [1.54, 1.807) is 6.20 Å². The SMILES string of the molecule is Nc1cncc(-c2ccc3[nH]ccc3c2)c1. The van der Waals surface area contributed by atoms with E-state index in [2.05, 4.69) is 34.2 Å². The van der Waals surface area contributed by atoms with Gasteiger partial charge in [0.2, 0.25) is 0 Å². The van der Waals surface area contributed by atoms with Crippen LogP contribution >= 0.6 is 0 Å². The number of rotatable bonds is 1. The van der Waals surface area contributed by atoms with Gasteiger partial charge >= 0.3 is 0 Å². The van der Waals surface area contributed by atoms with Crippen LogP contribution in [0.1, 0.15) is 0 Å². The minimum absolute atomic E-state index is 0.687. The molecule has 0 fully saturated rings. The van der Waals surface area contributed by atoms with Crippen LogP contribution in [0.4, 0.5) is 5.69 Å². The van der Waals surface area contributed by atoms with Gasteiger partial charge in [-0.3, -0.25) is 4.98 Å². The number of H-pyrrole nitrogens is 1. The molecular formula is C13H11N3. The Morgan fingerprint density at radius 1 is 1.00 bits per heavy atom. The molecule has 0 saturated carbocycles. The summed E-state index contributed by atoms with van der Waals surface area (Å²) in [6, 6.07) is 10.2. The van der Waals surface area contributed by atoms with Crippen molar-refractivity contribution in [2.24, 2.45) is 0 Å². The van der Waals surface area contributed by atoms with Crippen molar-refractivity contribution in [2.45, 2.75) is 0 Å². The zero-order valence-electron chi connectivity index (χ0n) is 8.64. The van der Waals surface area contributed by atoms with Crippen molar-refractivity contribution in [3.05, 3.63) is 48.9 Å². The van der Waals surface area contributed by atoms with Crippen LogP contribution in [-0.4, -0.2) is 9.97 Å². The quantitative estimate of drug-likeness (QED) is 0.647. The van der Waals surface area contributed by atoms with Gasteiger partial charge in [0.25, 0.3) is 0 Å². The Morgan fingerprint density at radius 2 is 1.94 bits per heavy atom. The van der Waals surface area contributed by atoms with Crippen LogP contribution in [0.15, 0.2) is 48.9 Å². The molecule has 1 aromatic carbocycles. The smallest absolute Gasteiger partial charge is 0.0506 e. The Bertz CT molecular complexity index is 640. The highest BCUT2D eigenvalue weighted by Crippen LogP contribution is 2.24. The number of hydrogen-bond acceptors (Lipinski definition) is 2. The molecule has 0 unspecified atom stereocenters. The molecule has 78 valence electrons. The molecule has 3 nitrogen and oxygen atoms in total. The molecule has 0 aliphatic carbocycles. The fraction of sp³-hybridized carbons (Fsp3) is 0. The Hall–Kier alpha value is -2.29. The van der Waals surface area contributed by atoms with E-state index in [0.717, 1.165) is 16.6 Å². The molecule has 2 heterocycles. The normalized spacial score (nSPS) is 10.8. The molecule has 2 aromatic heterocycles. The number of nitrogens with two attached hydrogens (primary N) is 1. The number of hydrogen-bond donors (Lipinski definition) is 2. The lowest BCUT2D eigenvalue weighted by atomic mass is 10.1. The zero-order valence-corrected chi connectivity index (χ0v) is 8.64. The predicted molar refractivity (Wildman–Crippen MR) is 65.9 cm³/mol. The first kappa shape index (κ1) is 8.97. The summed E-state index contributed by atoms with van der Waals surface area (Å²) < 4.78 is 0. The minimum Gasteiger partial charge on any atom is -0.397 e. The van der Waals surface area contributed by atoms with Crippen LogP contribution in [0.3, 0.4) is 0 Å². The number of nitrogens with zero attached hydrogens (tertiary/aromatic N) is 1. The fourth-order valence-corrected chi connectivity index (χ4v) is 1.85. The summed E-state index contributed by atoms with van der Waals surface area (Å²) >= 11 is 0. The summed E-state index contributed by atoms with van der Waals surface area (Å²) in [6.07, 6.45) is 5.41. The second kappa shape index (κ2) is 3.38. The summed E-state index contributed by atoms with van der Waals surface area (Å²) in [4.78, 5) is 7.26.